The average molecular weight is 288 g/mol. The van der Waals surface area contributed by atoms with Gasteiger partial charge in [-0.15, -0.1) is 0 Å². The molecule has 0 spiro atoms. The van der Waals surface area contributed by atoms with Crippen molar-refractivity contribution in [3.05, 3.63) is 35.9 Å². The first-order chi connectivity index (χ1) is 10.2. The number of carbonyl (C=O) groups excluding carboxylic acids is 1. The van der Waals surface area contributed by atoms with Crippen LogP contribution in [0.5, 0.6) is 5.75 Å². The Morgan fingerprint density at radius 1 is 1.38 bits per heavy atom. The number of benzene rings is 1. The van der Waals surface area contributed by atoms with Crippen molar-refractivity contribution in [2.24, 2.45) is 0 Å². The van der Waals surface area contributed by atoms with Crippen LogP contribution in [0.15, 0.2) is 30.3 Å². The molecule has 21 heavy (non-hydrogen) atoms. The van der Waals surface area contributed by atoms with Gasteiger partial charge in [0.2, 0.25) is 0 Å². The zero-order chi connectivity index (χ0) is 15.1. The van der Waals surface area contributed by atoms with Crippen LogP contribution in [0.2, 0.25) is 0 Å². The van der Waals surface area contributed by atoms with E-state index in [2.05, 4.69) is 28.8 Å². The van der Waals surface area contributed by atoms with E-state index >= 15 is 0 Å². The lowest BCUT2D eigenvalue weighted by molar-refractivity contribution is -0.127. The molecule has 4 heteroatoms. The van der Waals surface area contributed by atoms with Crippen molar-refractivity contribution in [3.8, 4) is 5.75 Å². The lowest BCUT2D eigenvalue weighted by Gasteiger charge is -2.16. The van der Waals surface area contributed by atoms with Gasteiger partial charge in [0.15, 0.2) is 6.10 Å². The van der Waals surface area contributed by atoms with Crippen molar-refractivity contribution in [2.45, 2.75) is 32.8 Å². The molecule has 0 saturated heterocycles. The van der Waals surface area contributed by atoms with Crippen molar-refractivity contribution >= 4 is 11.5 Å². The van der Waals surface area contributed by atoms with Gasteiger partial charge in [0.1, 0.15) is 5.75 Å². The Labute approximate surface area is 126 Å². The van der Waals surface area contributed by atoms with Crippen LogP contribution in [0.4, 0.5) is 0 Å². The zero-order valence-corrected chi connectivity index (χ0v) is 12.8. The van der Waals surface area contributed by atoms with Crippen LogP contribution in [0.3, 0.4) is 0 Å². The first-order valence-corrected chi connectivity index (χ1v) is 7.65. The van der Waals surface area contributed by atoms with E-state index in [1.165, 1.54) is 11.1 Å². The minimum absolute atomic E-state index is 0.0676. The van der Waals surface area contributed by atoms with Crippen LogP contribution in [0.25, 0.3) is 5.57 Å². The van der Waals surface area contributed by atoms with Crippen LogP contribution in [-0.4, -0.2) is 31.6 Å². The molecule has 1 aromatic carbocycles. The molecule has 4 nitrogen and oxygen atoms in total. The molecule has 0 aliphatic carbocycles. The summed E-state index contributed by atoms with van der Waals surface area (Å²) in [5.41, 5.74) is 2.60. The van der Waals surface area contributed by atoms with Crippen LogP contribution < -0.4 is 15.4 Å². The molecular formula is C17H24N2O2. The predicted octanol–water partition coefficient (Wildman–Crippen LogP) is 2.36. The Kier molecular flexibility index (Phi) is 5.81. The van der Waals surface area contributed by atoms with Crippen LogP contribution in [0, 0.1) is 0 Å². The van der Waals surface area contributed by atoms with E-state index < -0.39 is 6.10 Å². The highest BCUT2D eigenvalue weighted by molar-refractivity contribution is 5.80. The van der Waals surface area contributed by atoms with E-state index in [0.29, 0.717) is 6.54 Å². The Morgan fingerprint density at radius 2 is 2.14 bits per heavy atom. The number of hydrogen-bond acceptors (Lipinski definition) is 3. The van der Waals surface area contributed by atoms with Crippen molar-refractivity contribution < 1.29 is 9.53 Å². The molecule has 0 aromatic heterocycles. The molecule has 0 fully saturated rings. The summed E-state index contributed by atoms with van der Waals surface area (Å²) in [4.78, 5) is 11.8. The minimum Gasteiger partial charge on any atom is -0.481 e. The molecule has 114 valence electrons. The van der Waals surface area contributed by atoms with E-state index in [0.717, 1.165) is 31.7 Å². The maximum Gasteiger partial charge on any atom is 0.260 e. The van der Waals surface area contributed by atoms with Crippen molar-refractivity contribution in [1.82, 2.24) is 10.6 Å². The number of carbonyl (C=O) groups is 1. The van der Waals surface area contributed by atoms with Crippen LogP contribution in [-0.2, 0) is 4.79 Å². The third-order valence-electron chi connectivity index (χ3n) is 3.52. The van der Waals surface area contributed by atoms with E-state index in [1.807, 2.05) is 19.1 Å². The molecule has 0 saturated carbocycles. The number of rotatable bonds is 6. The van der Waals surface area contributed by atoms with E-state index in [1.54, 1.807) is 6.92 Å². The van der Waals surface area contributed by atoms with E-state index in [-0.39, 0.29) is 5.91 Å². The molecule has 2 N–H and O–H groups in total. The third kappa shape index (κ3) is 4.60. The highest BCUT2D eigenvalue weighted by atomic mass is 16.5. The van der Waals surface area contributed by atoms with E-state index in [4.69, 9.17) is 4.74 Å². The standard InChI is InChI=1S/C17H24N2O2/c1-3-10-19-17(20)13(2)21-16-6-4-14(5-7-16)15-8-11-18-12-9-15/h4-8,13,18H,3,9-12H2,1-2H3,(H,19,20). The Bertz CT molecular complexity index is 494. The molecule has 0 radical (unpaired) electrons. The zero-order valence-electron chi connectivity index (χ0n) is 12.8. The van der Waals surface area contributed by atoms with Gasteiger partial charge in [-0.3, -0.25) is 4.79 Å². The molecule has 2 rings (SSSR count). The van der Waals surface area contributed by atoms with Gasteiger partial charge in [0.05, 0.1) is 0 Å². The Hall–Kier alpha value is -1.81. The molecule has 1 aliphatic heterocycles. The summed E-state index contributed by atoms with van der Waals surface area (Å²) in [6.45, 7) is 6.45. The van der Waals surface area contributed by atoms with Crippen LogP contribution in [0.1, 0.15) is 32.3 Å². The topological polar surface area (TPSA) is 50.4 Å². The van der Waals surface area contributed by atoms with Gasteiger partial charge in [-0.2, -0.15) is 0 Å². The molecule has 1 aromatic rings. The lowest BCUT2D eigenvalue weighted by atomic mass is 10.0. The fourth-order valence-electron chi connectivity index (χ4n) is 2.28. The van der Waals surface area contributed by atoms with Gasteiger partial charge >= 0.3 is 0 Å². The van der Waals surface area contributed by atoms with Gasteiger partial charge in [-0.05, 0) is 49.6 Å². The number of hydrogen-bond donors (Lipinski definition) is 2. The van der Waals surface area contributed by atoms with Crippen molar-refractivity contribution in [3.63, 3.8) is 0 Å². The summed E-state index contributed by atoms with van der Waals surface area (Å²) in [5, 5.41) is 6.14. The summed E-state index contributed by atoms with van der Waals surface area (Å²) in [5.74, 6) is 0.662. The maximum absolute atomic E-state index is 11.8. The molecule has 1 amide bonds. The fourth-order valence-corrected chi connectivity index (χ4v) is 2.28. The number of ether oxygens (including phenoxy) is 1. The highest BCUT2D eigenvalue weighted by Gasteiger charge is 2.14. The van der Waals surface area contributed by atoms with Gasteiger partial charge in [-0.25, -0.2) is 0 Å². The van der Waals surface area contributed by atoms with Gasteiger partial charge < -0.3 is 15.4 Å². The normalized spacial score (nSPS) is 16.0. The second-order valence-corrected chi connectivity index (χ2v) is 5.26. The lowest BCUT2D eigenvalue weighted by Crippen LogP contribution is -2.36. The van der Waals surface area contributed by atoms with Gasteiger partial charge in [0.25, 0.3) is 5.91 Å². The summed E-state index contributed by atoms with van der Waals surface area (Å²) in [6.07, 6.45) is 3.73. The van der Waals surface area contributed by atoms with Crippen LogP contribution >= 0.6 is 0 Å². The Balaban J connectivity index is 1.92. The van der Waals surface area contributed by atoms with E-state index in [9.17, 15) is 4.79 Å². The monoisotopic (exact) mass is 288 g/mol. The van der Waals surface area contributed by atoms with Gasteiger partial charge in [0, 0.05) is 13.1 Å². The predicted molar refractivity (Wildman–Crippen MR) is 85.3 cm³/mol. The van der Waals surface area contributed by atoms with Gasteiger partial charge in [-0.1, -0.05) is 25.1 Å². The summed E-state index contributed by atoms with van der Waals surface area (Å²) in [6, 6.07) is 7.98. The van der Waals surface area contributed by atoms with Crippen molar-refractivity contribution in [2.75, 3.05) is 19.6 Å². The fraction of sp³-hybridized carbons (Fsp3) is 0.471. The molecule has 0 bridgehead atoms. The first-order valence-electron chi connectivity index (χ1n) is 7.65. The molecule has 1 atom stereocenters. The maximum atomic E-state index is 11.8. The SMILES string of the molecule is CCCNC(=O)C(C)Oc1ccc(C2=CCNCC2)cc1. The summed E-state index contributed by atoms with van der Waals surface area (Å²) >= 11 is 0. The number of amides is 1. The summed E-state index contributed by atoms with van der Waals surface area (Å²) < 4.78 is 5.67. The molecule has 1 heterocycles. The number of nitrogens with one attached hydrogen (secondary N) is 2. The first kappa shape index (κ1) is 15.6. The second-order valence-electron chi connectivity index (χ2n) is 5.26. The second kappa shape index (κ2) is 7.84. The molecule has 1 unspecified atom stereocenters. The molecular weight excluding hydrogens is 264 g/mol. The average Bonchev–Trinajstić information content (AvgIpc) is 2.54. The smallest absolute Gasteiger partial charge is 0.260 e. The van der Waals surface area contributed by atoms with Crippen molar-refractivity contribution in [1.29, 1.82) is 0 Å². The molecule has 1 aliphatic rings. The quantitative estimate of drug-likeness (QED) is 0.845. The minimum atomic E-state index is -0.472. The largest absolute Gasteiger partial charge is 0.481 e. The Morgan fingerprint density at radius 3 is 2.76 bits per heavy atom. The summed E-state index contributed by atoms with van der Waals surface area (Å²) in [7, 11) is 0. The third-order valence-corrected chi connectivity index (χ3v) is 3.52. The highest BCUT2D eigenvalue weighted by Crippen LogP contribution is 2.22.